The van der Waals surface area contributed by atoms with E-state index in [0.717, 1.165) is 20.2 Å². The number of benzene rings is 2. The van der Waals surface area contributed by atoms with Gasteiger partial charge in [0.1, 0.15) is 0 Å². The van der Waals surface area contributed by atoms with Crippen molar-refractivity contribution in [3.63, 3.8) is 0 Å². The minimum atomic E-state index is -0.0708. The van der Waals surface area contributed by atoms with E-state index < -0.39 is 0 Å². The van der Waals surface area contributed by atoms with Gasteiger partial charge < -0.3 is 10.6 Å². The summed E-state index contributed by atoms with van der Waals surface area (Å²) < 4.78 is 2.05. The van der Waals surface area contributed by atoms with Crippen molar-refractivity contribution in [3.05, 3.63) is 62.0 Å². The van der Waals surface area contributed by atoms with E-state index in [1.807, 2.05) is 24.3 Å². The largest absolute Gasteiger partial charge is 0.379 e. The van der Waals surface area contributed by atoms with Gasteiger partial charge in [0.25, 0.3) is 5.91 Å². The highest BCUT2D eigenvalue weighted by molar-refractivity contribution is 9.11. The van der Waals surface area contributed by atoms with Gasteiger partial charge >= 0.3 is 0 Å². The maximum Gasteiger partial charge on any atom is 0.251 e. The maximum atomic E-state index is 11.5. The van der Waals surface area contributed by atoms with E-state index >= 15 is 0 Å². The molecule has 0 saturated carbocycles. The Bertz CT molecular complexity index is 631. The normalized spacial score (nSPS) is 10.3. The summed E-state index contributed by atoms with van der Waals surface area (Å²) in [5.41, 5.74) is 3.99. The van der Waals surface area contributed by atoms with Gasteiger partial charge in [-0.2, -0.15) is 0 Å². The summed E-state index contributed by atoms with van der Waals surface area (Å²) in [6.07, 6.45) is 0. The number of halogens is 2. The Morgan fingerprint density at radius 2 is 1.67 bits per heavy atom. The van der Waals surface area contributed by atoms with Gasteiger partial charge in [-0.15, -0.1) is 0 Å². The molecule has 0 bridgehead atoms. The first-order valence-electron chi connectivity index (χ1n) is 6.52. The van der Waals surface area contributed by atoms with Crippen LogP contribution in [0.25, 0.3) is 0 Å². The van der Waals surface area contributed by atoms with Crippen molar-refractivity contribution in [1.29, 1.82) is 0 Å². The molecule has 0 radical (unpaired) electrons. The molecule has 0 unspecified atom stereocenters. The van der Waals surface area contributed by atoms with Crippen molar-refractivity contribution in [1.82, 2.24) is 5.32 Å². The number of hydrogen-bond acceptors (Lipinski definition) is 2. The van der Waals surface area contributed by atoms with Gasteiger partial charge in [0.05, 0.1) is 5.69 Å². The number of nitrogens with one attached hydrogen (secondary N) is 2. The SMILES string of the molecule is CNC(=O)c1ccc(CNc2c(Br)cc(C)cc2Br)cc1. The molecule has 0 heterocycles. The zero-order chi connectivity index (χ0) is 15.4. The Labute approximate surface area is 141 Å². The van der Waals surface area contributed by atoms with Crippen molar-refractivity contribution >= 4 is 43.5 Å². The number of rotatable bonds is 4. The zero-order valence-corrected chi connectivity index (χ0v) is 15.0. The number of hydrogen-bond donors (Lipinski definition) is 2. The Hall–Kier alpha value is -1.33. The third-order valence-electron chi connectivity index (χ3n) is 3.10. The summed E-state index contributed by atoms with van der Waals surface area (Å²) in [4.78, 5) is 11.5. The summed E-state index contributed by atoms with van der Waals surface area (Å²) in [6.45, 7) is 2.74. The van der Waals surface area contributed by atoms with Crippen LogP contribution in [0.4, 0.5) is 5.69 Å². The van der Waals surface area contributed by atoms with E-state index in [-0.39, 0.29) is 5.91 Å². The lowest BCUT2D eigenvalue weighted by Gasteiger charge is -2.12. The summed E-state index contributed by atoms with van der Waals surface area (Å²) in [5, 5.41) is 6.00. The number of anilines is 1. The van der Waals surface area contributed by atoms with E-state index in [1.54, 1.807) is 7.05 Å². The van der Waals surface area contributed by atoms with Crippen molar-refractivity contribution in [2.75, 3.05) is 12.4 Å². The van der Waals surface area contributed by atoms with Crippen LogP contribution in [0.2, 0.25) is 0 Å². The first-order chi connectivity index (χ1) is 10.0. The zero-order valence-electron chi connectivity index (χ0n) is 11.8. The van der Waals surface area contributed by atoms with Crippen LogP contribution in [0.15, 0.2) is 45.3 Å². The number of amides is 1. The average Bonchev–Trinajstić information content (AvgIpc) is 2.46. The van der Waals surface area contributed by atoms with E-state index in [0.29, 0.717) is 12.1 Å². The fourth-order valence-electron chi connectivity index (χ4n) is 1.98. The van der Waals surface area contributed by atoms with Crippen LogP contribution in [0.1, 0.15) is 21.5 Å². The van der Waals surface area contributed by atoms with Crippen molar-refractivity contribution < 1.29 is 4.79 Å². The van der Waals surface area contributed by atoms with Crippen molar-refractivity contribution in [2.45, 2.75) is 13.5 Å². The molecule has 0 aromatic heterocycles. The Balaban J connectivity index is 2.08. The lowest BCUT2D eigenvalue weighted by molar-refractivity contribution is 0.0963. The third-order valence-corrected chi connectivity index (χ3v) is 4.35. The quantitative estimate of drug-likeness (QED) is 0.777. The highest BCUT2D eigenvalue weighted by Crippen LogP contribution is 2.32. The fourth-order valence-corrected chi connectivity index (χ4v) is 3.67. The van der Waals surface area contributed by atoms with Crippen LogP contribution in [-0.4, -0.2) is 13.0 Å². The highest BCUT2D eigenvalue weighted by atomic mass is 79.9. The second-order valence-corrected chi connectivity index (χ2v) is 6.44. The molecule has 2 N–H and O–H groups in total. The van der Waals surface area contributed by atoms with Crippen LogP contribution in [-0.2, 0) is 6.54 Å². The first-order valence-corrected chi connectivity index (χ1v) is 8.10. The first kappa shape index (κ1) is 16.0. The second-order valence-electron chi connectivity index (χ2n) is 4.73. The lowest BCUT2D eigenvalue weighted by atomic mass is 10.1. The number of aryl methyl sites for hydroxylation is 1. The highest BCUT2D eigenvalue weighted by Gasteiger charge is 2.07. The summed E-state index contributed by atoms with van der Waals surface area (Å²) in [6, 6.07) is 11.7. The van der Waals surface area contributed by atoms with Crippen LogP contribution < -0.4 is 10.6 Å². The molecule has 1 amide bonds. The summed E-state index contributed by atoms with van der Waals surface area (Å²) in [7, 11) is 1.63. The third kappa shape index (κ3) is 4.08. The predicted octanol–water partition coefficient (Wildman–Crippen LogP) is 4.49. The molecule has 110 valence electrons. The summed E-state index contributed by atoms with van der Waals surface area (Å²) in [5.74, 6) is -0.0708. The monoisotopic (exact) mass is 410 g/mol. The number of carbonyl (C=O) groups is 1. The molecule has 0 aliphatic carbocycles. The van der Waals surface area contributed by atoms with Gasteiger partial charge in [0.15, 0.2) is 0 Å². The van der Waals surface area contributed by atoms with Crippen molar-refractivity contribution in [2.24, 2.45) is 0 Å². The minimum Gasteiger partial charge on any atom is -0.379 e. The molecule has 0 saturated heterocycles. The molecule has 2 rings (SSSR count). The fraction of sp³-hybridized carbons (Fsp3) is 0.188. The second kappa shape index (κ2) is 7.09. The van der Waals surface area contributed by atoms with Gasteiger partial charge in [0.2, 0.25) is 0 Å². The summed E-state index contributed by atoms with van der Waals surface area (Å²) >= 11 is 7.13. The molecule has 0 atom stereocenters. The minimum absolute atomic E-state index is 0.0708. The molecule has 5 heteroatoms. The molecule has 0 aliphatic heterocycles. The molecule has 2 aromatic rings. The van der Waals surface area contributed by atoms with Gasteiger partial charge in [-0.25, -0.2) is 0 Å². The Morgan fingerprint density at radius 1 is 1.10 bits per heavy atom. The average molecular weight is 412 g/mol. The van der Waals surface area contributed by atoms with Crippen LogP contribution in [0, 0.1) is 6.92 Å². The predicted molar refractivity (Wildman–Crippen MR) is 93.7 cm³/mol. The molecule has 0 spiro atoms. The maximum absolute atomic E-state index is 11.5. The lowest BCUT2D eigenvalue weighted by Crippen LogP contribution is -2.17. The molecule has 2 aromatic carbocycles. The van der Waals surface area contributed by atoms with Crippen LogP contribution >= 0.6 is 31.9 Å². The van der Waals surface area contributed by atoms with E-state index in [9.17, 15) is 4.79 Å². The van der Waals surface area contributed by atoms with Crippen LogP contribution in [0.5, 0.6) is 0 Å². The van der Waals surface area contributed by atoms with Gasteiger partial charge in [0, 0.05) is 28.1 Å². The van der Waals surface area contributed by atoms with E-state index in [1.165, 1.54) is 5.56 Å². The molecule has 3 nitrogen and oxygen atoms in total. The van der Waals surface area contributed by atoms with Gasteiger partial charge in [-0.1, -0.05) is 12.1 Å². The van der Waals surface area contributed by atoms with Gasteiger partial charge in [-0.3, -0.25) is 4.79 Å². The van der Waals surface area contributed by atoms with E-state index in [2.05, 4.69) is 61.5 Å². The Kier molecular flexibility index (Phi) is 5.42. The molecule has 0 fully saturated rings. The van der Waals surface area contributed by atoms with Crippen LogP contribution in [0.3, 0.4) is 0 Å². The molecular formula is C16H16Br2N2O. The van der Waals surface area contributed by atoms with Crippen molar-refractivity contribution in [3.8, 4) is 0 Å². The molecule has 0 aliphatic rings. The van der Waals surface area contributed by atoms with Gasteiger partial charge in [-0.05, 0) is 74.2 Å². The Morgan fingerprint density at radius 3 is 2.19 bits per heavy atom. The standard InChI is InChI=1S/C16H16Br2N2O/c1-10-7-13(17)15(14(18)8-10)20-9-11-3-5-12(6-4-11)16(21)19-2/h3-8,20H,9H2,1-2H3,(H,19,21). The number of carbonyl (C=O) groups excluding carboxylic acids is 1. The van der Waals surface area contributed by atoms with E-state index in [4.69, 9.17) is 0 Å². The molecule has 21 heavy (non-hydrogen) atoms. The molecular weight excluding hydrogens is 396 g/mol. The smallest absolute Gasteiger partial charge is 0.251 e. The topological polar surface area (TPSA) is 41.1 Å².